The highest BCUT2D eigenvalue weighted by molar-refractivity contribution is 7.92. The predicted octanol–water partition coefficient (Wildman–Crippen LogP) is 4.88. The van der Waals surface area contributed by atoms with Crippen LogP contribution in [0.4, 0.5) is 4.39 Å². The van der Waals surface area contributed by atoms with Crippen LogP contribution in [-0.4, -0.2) is 33.7 Å². The molecular formula is C22H23Cl2FN2O2S. The summed E-state index contributed by atoms with van der Waals surface area (Å²) < 4.78 is 27.3. The Labute approximate surface area is 188 Å². The minimum atomic E-state index is -1.17. The van der Waals surface area contributed by atoms with E-state index in [2.05, 4.69) is 4.90 Å². The molecule has 1 saturated carbocycles. The second kappa shape index (κ2) is 9.05. The Bertz CT molecular complexity index is 942. The fraction of sp³-hybridized carbons (Fsp3) is 0.409. The van der Waals surface area contributed by atoms with E-state index in [0.29, 0.717) is 27.4 Å². The maximum atomic E-state index is 14.4. The summed E-state index contributed by atoms with van der Waals surface area (Å²) in [4.78, 5) is 14.4. The van der Waals surface area contributed by atoms with E-state index in [4.69, 9.17) is 28.9 Å². The number of hydrogen-bond donors (Lipinski definition) is 1. The van der Waals surface area contributed by atoms with Crippen molar-refractivity contribution in [1.82, 2.24) is 4.90 Å². The molecule has 30 heavy (non-hydrogen) atoms. The van der Waals surface area contributed by atoms with Gasteiger partial charge in [0.15, 0.2) is 4.90 Å². The Morgan fingerprint density at radius 2 is 1.73 bits per heavy atom. The third kappa shape index (κ3) is 4.94. The van der Waals surface area contributed by atoms with Gasteiger partial charge < -0.3 is 10.3 Å². The summed E-state index contributed by atoms with van der Waals surface area (Å²) in [5.74, 6) is -0.905. The largest absolute Gasteiger partial charge is 0.611 e. The van der Waals surface area contributed by atoms with Crippen LogP contribution in [0, 0.1) is 5.82 Å². The molecule has 4 nitrogen and oxygen atoms in total. The first-order chi connectivity index (χ1) is 14.3. The van der Waals surface area contributed by atoms with Crippen molar-refractivity contribution < 1.29 is 13.7 Å². The van der Waals surface area contributed by atoms with Gasteiger partial charge in [0.2, 0.25) is 0 Å². The molecule has 1 aliphatic heterocycles. The molecule has 2 fully saturated rings. The number of rotatable bonds is 6. The molecule has 1 heterocycles. The summed E-state index contributed by atoms with van der Waals surface area (Å²) in [6.45, 7) is 2.16. The van der Waals surface area contributed by atoms with Gasteiger partial charge >= 0.3 is 0 Å². The van der Waals surface area contributed by atoms with Gasteiger partial charge in [-0.05, 0) is 59.3 Å². The van der Waals surface area contributed by atoms with Gasteiger partial charge in [-0.25, -0.2) is 4.39 Å². The lowest BCUT2D eigenvalue weighted by Gasteiger charge is -2.33. The van der Waals surface area contributed by atoms with Crippen molar-refractivity contribution in [3.05, 3.63) is 62.9 Å². The van der Waals surface area contributed by atoms with Crippen LogP contribution >= 0.6 is 23.2 Å². The van der Waals surface area contributed by atoms with Gasteiger partial charge in [0, 0.05) is 54.7 Å². The number of likely N-dealkylation sites (tertiary alicyclic amines) is 1. The molecule has 160 valence electrons. The van der Waals surface area contributed by atoms with Crippen LogP contribution in [0.25, 0.3) is 0 Å². The Kier molecular flexibility index (Phi) is 6.61. The number of carbonyl (C=O) groups excluding carboxylic acids is 1. The summed E-state index contributed by atoms with van der Waals surface area (Å²) in [7, 11) is 0. The van der Waals surface area contributed by atoms with E-state index in [9.17, 15) is 13.7 Å². The molecule has 1 aliphatic carbocycles. The number of primary amides is 1. The van der Waals surface area contributed by atoms with Gasteiger partial charge in [-0.3, -0.25) is 9.69 Å². The highest BCUT2D eigenvalue weighted by atomic mass is 35.5. The maximum absolute atomic E-state index is 14.4. The van der Waals surface area contributed by atoms with Crippen molar-refractivity contribution in [3.8, 4) is 0 Å². The quantitative estimate of drug-likeness (QED) is 0.613. The molecule has 1 atom stereocenters. The SMILES string of the molecule is NC(=O)c1cc(C2CC2)c(CN2CCC([S+]([O-])c3cc(Cl)cc(Cl)c3)CC2)cc1F. The highest BCUT2D eigenvalue weighted by Crippen LogP contribution is 2.43. The third-order valence-corrected chi connectivity index (χ3v) is 8.02. The Morgan fingerprint density at radius 1 is 1.10 bits per heavy atom. The zero-order chi connectivity index (χ0) is 21.4. The van der Waals surface area contributed by atoms with Crippen molar-refractivity contribution in [2.45, 2.75) is 48.3 Å². The standard InChI is InChI=1S/C22H23Cl2FN2O2S/c23-15-8-16(24)10-18(9-15)30(29)17-3-5-27(6-4-17)12-14-7-21(25)20(22(26)28)11-19(14)13-1-2-13/h7-11,13,17H,1-6,12H2,(H2,26,28). The summed E-state index contributed by atoms with van der Waals surface area (Å²) in [6, 6.07) is 8.15. The van der Waals surface area contributed by atoms with Gasteiger partial charge in [0.05, 0.1) is 5.56 Å². The van der Waals surface area contributed by atoms with E-state index in [-0.39, 0.29) is 10.8 Å². The van der Waals surface area contributed by atoms with Crippen molar-refractivity contribution in [1.29, 1.82) is 0 Å². The van der Waals surface area contributed by atoms with E-state index in [1.165, 1.54) is 6.07 Å². The fourth-order valence-corrected chi connectivity index (χ4v) is 6.26. The number of piperidine rings is 1. The summed E-state index contributed by atoms with van der Waals surface area (Å²) in [6.07, 6.45) is 3.66. The molecule has 2 aromatic carbocycles. The first-order valence-corrected chi connectivity index (χ1v) is 12.0. The lowest BCUT2D eigenvalue weighted by atomic mass is 9.98. The van der Waals surface area contributed by atoms with E-state index in [1.807, 2.05) is 0 Å². The van der Waals surface area contributed by atoms with E-state index in [1.54, 1.807) is 24.3 Å². The molecular weight excluding hydrogens is 446 g/mol. The summed E-state index contributed by atoms with van der Waals surface area (Å²) in [5.41, 5.74) is 7.23. The van der Waals surface area contributed by atoms with Crippen LogP contribution in [0.3, 0.4) is 0 Å². The smallest absolute Gasteiger partial charge is 0.251 e. The van der Waals surface area contributed by atoms with Gasteiger partial charge in [-0.2, -0.15) is 0 Å². The van der Waals surface area contributed by atoms with E-state index >= 15 is 0 Å². The molecule has 8 heteroatoms. The second-order valence-electron chi connectivity index (χ2n) is 8.05. The normalized spacial score (nSPS) is 19.1. The summed E-state index contributed by atoms with van der Waals surface area (Å²) in [5, 5.41) is 1.00. The second-order valence-corrected chi connectivity index (χ2v) is 10.7. The molecule has 0 aromatic heterocycles. The van der Waals surface area contributed by atoms with Crippen LogP contribution in [-0.2, 0) is 17.7 Å². The van der Waals surface area contributed by atoms with E-state index in [0.717, 1.165) is 49.9 Å². The zero-order valence-electron chi connectivity index (χ0n) is 16.4. The average molecular weight is 469 g/mol. The molecule has 2 aliphatic rings. The number of hydrogen-bond acceptors (Lipinski definition) is 3. The van der Waals surface area contributed by atoms with Crippen LogP contribution in [0.2, 0.25) is 10.0 Å². The predicted molar refractivity (Wildman–Crippen MR) is 118 cm³/mol. The van der Waals surface area contributed by atoms with Crippen molar-refractivity contribution >= 4 is 40.3 Å². The molecule has 1 amide bonds. The molecule has 2 aromatic rings. The zero-order valence-corrected chi connectivity index (χ0v) is 18.7. The fourth-order valence-electron chi connectivity index (χ4n) is 4.09. The number of amides is 1. The Morgan fingerprint density at radius 3 is 2.30 bits per heavy atom. The number of carbonyl (C=O) groups is 1. The van der Waals surface area contributed by atoms with Crippen LogP contribution < -0.4 is 5.73 Å². The van der Waals surface area contributed by atoms with Crippen LogP contribution in [0.1, 0.15) is 53.1 Å². The number of nitrogens with two attached hydrogens (primary N) is 1. The molecule has 0 spiro atoms. The van der Waals surface area contributed by atoms with Gasteiger partial charge in [0.25, 0.3) is 5.91 Å². The average Bonchev–Trinajstić information content (AvgIpc) is 3.52. The number of benzene rings is 2. The van der Waals surface area contributed by atoms with Crippen molar-refractivity contribution in [2.75, 3.05) is 13.1 Å². The topological polar surface area (TPSA) is 69.4 Å². The Balaban J connectivity index is 1.43. The monoisotopic (exact) mass is 468 g/mol. The molecule has 0 bridgehead atoms. The first kappa shape index (κ1) is 21.9. The van der Waals surface area contributed by atoms with Gasteiger partial charge in [-0.1, -0.05) is 23.2 Å². The minimum absolute atomic E-state index is 0.0325. The van der Waals surface area contributed by atoms with Crippen molar-refractivity contribution in [3.63, 3.8) is 0 Å². The molecule has 0 radical (unpaired) electrons. The van der Waals surface area contributed by atoms with Crippen molar-refractivity contribution in [2.24, 2.45) is 5.73 Å². The van der Waals surface area contributed by atoms with E-state index < -0.39 is 22.9 Å². The van der Waals surface area contributed by atoms with Crippen LogP contribution in [0.5, 0.6) is 0 Å². The minimum Gasteiger partial charge on any atom is -0.611 e. The lowest BCUT2D eigenvalue weighted by Crippen LogP contribution is -2.39. The lowest BCUT2D eigenvalue weighted by molar-refractivity contribution is 0.0996. The Hall–Kier alpha value is -1.31. The third-order valence-electron chi connectivity index (χ3n) is 5.81. The van der Waals surface area contributed by atoms with Gasteiger partial charge in [-0.15, -0.1) is 0 Å². The molecule has 2 N–H and O–H groups in total. The van der Waals surface area contributed by atoms with Crippen LogP contribution in [0.15, 0.2) is 35.2 Å². The number of halogens is 3. The maximum Gasteiger partial charge on any atom is 0.251 e. The first-order valence-electron chi connectivity index (χ1n) is 10.0. The highest BCUT2D eigenvalue weighted by Gasteiger charge is 2.32. The number of nitrogens with zero attached hydrogens (tertiary/aromatic N) is 1. The molecule has 1 unspecified atom stereocenters. The molecule has 1 saturated heterocycles. The summed E-state index contributed by atoms with van der Waals surface area (Å²) >= 11 is 10.9. The van der Waals surface area contributed by atoms with Gasteiger partial charge in [0.1, 0.15) is 11.1 Å². The molecule has 4 rings (SSSR count).